The van der Waals surface area contributed by atoms with Gasteiger partial charge in [0.05, 0.1) is 18.3 Å². The molecule has 2 rings (SSSR count). The van der Waals surface area contributed by atoms with E-state index >= 15 is 0 Å². The molecule has 156 valence electrons. The lowest BCUT2D eigenvalue weighted by molar-refractivity contribution is -0.137. The fourth-order valence-electron chi connectivity index (χ4n) is 3.71. The van der Waals surface area contributed by atoms with Crippen LogP contribution in [0.5, 0.6) is 0 Å². The largest absolute Gasteiger partial charge is 0.481 e. The van der Waals surface area contributed by atoms with Crippen molar-refractivity contribution in [3.8, 4) is 0 Å². The van der Waals surface area contributed by atoms with Gasteiger partial charge in [-0.1, -0.05) is 24.3 Å². The van der Waals surface area contributed by atoms with Gasteiger partial charge in [0, 0.05) is 28.5 Å². The number of aryl methyl sites for hydroxylation is 2. The number of unbranched alkanes of at least 4 members (excludes halogenated alkanes) is 1. The van der Waals surface area contributed by atoms with Gasteiger partial charge in [0.1, 0.15) is 0 Å². The van der Waals surface area contributed by atoms with Crippen molar-refractivity contribution in [1.82, 2.24) is 0 Å². The van der Waals surface area contributed by atoms with E-state index in [1.54, 1.807) is 17.4 Å². The maximum Gasteiger partial charge on any atom is 0.303 e. The van der Waals surface area contributed by atoms with Crippen LogP contribution in [0.25, 0.3) is 0 Å². The number of hydrogen-bond acceptors (Lipinski definition) is 5. The smallest absolute Gasteiger partial charge is 0.303 e. The number of aliphatic hydroxyl groups is 3. The summed E-state index contributed by atoms with van der Waals surface area (Å²) >= 11 is 1.74. The molecule has 0 bridgehead atoms. The Morgan fingerprint density at radius 3 is 2.75 bits per heavy atom. The Balaban J connectivity index is 1.81. The van der Waals surface area contributed by atoms with Crippen LogP contribution in [-0.2, 0) is 11.2 Å². The quantitative estimate of drug-likeness (QED) is 0.332. The molecule has 1 fully saturated rings. The van der Waals surface area contributed by atoms with Crippen LogP contribution in [0.4, 0.5) is 0 Å². The van der Waals surface area contributed by atoms with Gasteiger partial charge in [-0.15, -0.1) is 11.3 Å². The molecule has 1 aliphatic rings. The number of thiophene rings is 1. The zero-order valence-corrected chi connectivity index (χ0v) is 17.2. The first kappa shape index (κ1) is 22.8. The number of hydrogen-bond donors (Lipinski definition) is 4. The monoisotopic (exact) mass is 408 g/mol. The summed E-state index contributed by atoms with van der Waals surface area (Å²) in [5, 5.41) is 39.4. The normalized spacial score (nSPS) is 26.4. The van der Waals surface area contributed by atoms with Gasteiger partial charge in [0.15, 0.2) is 0 Å². The van der Waals surface area contributed by atoms with Crippen LogP contribution in [0.3, 0.4) is 0 Å². The summed E-state index contributed by atoms with van der Waals surface area (Å²) in [6.45, 7) is 2.07. The van der Waals surface area contributed by atoms with Gasteiger partial charge < -0.3 is 20.4 Å². The van der Waals surface area contributed by atoms with E-state index in [2.05, 4.69) is 19.1 Å². The molecule has 4 N–H and O–H groups in total. The molecule has 0 amide bonds. The number of carboxylic acids is 1. The topological polar surface area (TPSA) is 98.0 Å². The van der Waals surface area contributed by atoms with Crippen molar-refractivity contribution in [1.29, 1.82) is 0 Å². The Morgan fingerprint density at radius 1 is 1.29 bits per heavy atom. The molecule has 0 spiro atoms. The second-order valence-corrected chi connectivity index (χ2v) is 8.98. The lowest BCUT2D eigenvalue weighted by Gasteiger charge is -2.19. The highest BCUT2D eigenvalue weighted by molar-refractivity contribution is 7.11. The number of carbonyl (C=O) groups is 1. The Bertz CT molecular complexity index is 666. The Kier molecular flexibility index (Phi) is 9.38. The van der Waals surface area contributed by atoms with Gasteiger partial charge >= 0.3 is 5.97 Å². The average Bonchev–Trinajstić information content (AvgIpc) is 3.16. The molecule has 1 aromatic heterocycles. The van der Waals surface area contributed by atoms with Crippen LogP contribution in [0.15, 0.2) is 36.4 Å². The lowest BCUT2D eigenvalue weighted by atomic mass is 9.89. The van der Waals surface area contributed by atoms with Crippen LogP contribution in [0.2, 0.25) is 0 Å². The standard InChI is InChI=1S/C22H32O5S/c1-15-8-11-17(28-15)12-9-16(23)10-13-19-18(20(24)14-21(19)25)6-4-2-3-5-7-22(26)27/h2,4,8,10-11,13,16,18-21,23-25H,3,5-7,9,12,14H2,1H3,(H,26,27)/b4-2-,13-10+/t16-,18+,19+,20-,21+/m0/s1. The molecule has 0 saturated heterocycles. The maximum absolute atomic E-state index is 10.5. The summed E-state index contributed by atoms with van der Waals surface area (Å²) in [6.07, 6.45) is 9.64. The van der Waals surface area contributed by atoms with Gasteiger partial charge in [-0.05, 0) is 57.1 Å². The van der Waals surface area contributed by atoms with Gasteiger partial charge in [-0.25, -0.2) is 0 Å². The third-order valence-corrected chi connectivity index (χ3v) is 6.35. The van der Waals surface area contributed by atoms with Crippen molar-refractivity contribution < 1.29 is 25.2 Å². The molecule has 1 heterocycles. The highest BCUT2D eigenvalue weighted by atomic mass is 32.1. The predicted molar refractivity (Wildman–Crippen MR) is 111 cm³/mol. The minimum Gasteiger partial charge on any atom is -0.481 e. The molecular formula is C22H32O5S. The molecule has 6 heteroatoms. The predicted octanol–water partition coefficient (Wildman–Crippen LogP) is 3.47. The summed E-state index contributed by atoms with van der Waals surface area (Å²) in [5.41, 5.74) is 0. The number of carboxylic acid groups (broad SMARTS) is 1. The summed E-state index contributed by atoms with van der Waals surface area (Å²) in [5.74, 6) is -1.06. The Morgan fingerprint density at radius 2 is 2.07 bits per heavy atom. The number of rotatable bonds is 11. The minimum absolute atomic E-state index is 0.0888. The number of allylic oxidation sites excluding steroid dienone is 2. The summed E-state index contributed by atoms with van der Waals surface area (Å²) in [4.78, 5) is 13.0. The third-order valence-electron chi connectivity index (χ3n) is 5.29. The Labute approximate surface area is 171 Å². The second-order valence-electron chi connectivity index (χ2n) is 7.61. The first-order valence-corrected chi connectivity index (χ1v) is 10.8. The van der Waals surface area contributed by atoms with Crippen LogP contribution >= 0.6 is 11.3 Å². The Hall–Kier alpha value is -1.47. The fraction of sp³-hybridized carbons (Fsp3) is 0.591. The van der Waals surface area contributed by atoms with E-state index in [1.807, 2.05) is 18.2 Å². The SMILES string of the molecule is Cc1ccc(CC[C@H](O)/C=C/[C@@H]2[C@@H](C/C=C\CCCC(=O)O)[C@@H](O)C[C@H]2O)s1. The van der Waals surface area contributed by atoms with Gasteiger partial charge in [0.2, 0.25) is 0 Å². The third kappa shape index (κ3) is 7.51. The molecule has 0 aromatic carbocycles. The van der Waals surface area contributed by atoms with Gasteiger partial charge in [0.25, 0.3) is 0 Å². The van der Waals surface area contributed by atoms with Crippen LogP contribution < -0.4 is 0 Å². The molecule has 0 radical (unpaired) electrons. The molecular weight excluding hydrogens is 376 g/mol. The molecule has 5 atom stereocenters. The van der Waals surface area contributed by atoms with Crippen LogP contribution in [-0.4, -0.2) is 44.7 Å². The van der Waals surface area contributed by atoms with E-state index in [0.717, 1.165) is 6.42 Å². The van der Waals surface area contributed by atoms with Crippen LogP contribution in [0.1, 0.15) is 48.3 Å². The molecule has 0 aliphatic heterocycles. The van der Waals surface area contributed by atoms with Crippen molar-refractivity contribution in [3.05, 3.63) is 46.2 Å². The fourth-order valence-corrected chi connectivity index (χ4v) is 4.62. The highest BCUT2D eigenvalue weighted by Gasteiger charge is 2.39. The highest BCUT2D eigenvalue weighted by Crippen LogP contribution is 2.36. The lowest BCUT2D eigenvalue weighted by Crippen LogP contribution is -2.20. The summed E-state index contributed by atoms with van der Waals surface area (Å²) < 4.78 is 0. The van der Waals surface area contributed by atoms with Crippen molar-refractivity contribution in [2.24, 2.45) is 11.8 Å². The summed E-state index contributed by atoms with van der Waals surface area (Å²) in [6, 6.07) is 4.17. The number of aliphatic carboxylic acids is 1. The molecule has 0 unspecified atom stereocenters. The zero-order chi connectivity index (χ0) is 20.5. The minimum atomic E-state index is -0.791. The molecule has 1 aliphatic carbocycles. The van der Waals surface area contributed by atoms with Crippen molar-refractivity contribution >= 4 is 17.3 Å². The molecule has 1 aromatic rings. The van der Waals surface area contributed by atoms with E-state index < -0.39 is 24.3 Å². The van der Waals surface area contributed by atoms with Crippen LogP contribution in [0, 0.1) is 18.8 Å². The average molecular weight is 409 g/mol. The maximum atomic E-state index is 10.5. The van der Waals surface area contributed by atoms with Gasteiger partial charge in [-0.2, -0.15) is 0 Å². The zero-order valence-electron chi connectivity index (χ0n) is 16.4. The molecule has 5 nitrogen and oxygen atoms in total. The van der Waals surface area contributed by atoms with E-state index in [0.29, 0.717) is 32.1 Å². The van der Waals surface area contributed by atoms with E-state index in [9.17, 15) is 20.1 Å². The first-order valence-electron chi connectivity index (χ1n) is 10.0. The van der Waals surface area contributed by atoms with Crippen molar-refractivity contribution in [2.75, 3.05) is 0 Å². The van der Waals surface area contributed by atoms with Gasteiger partial charge in [-0.3, -0.25) is 4.79 Å². The van der Waals surface area contributed by atoms with Crippen molar-refractivity contribution in [3.63, 3.8) is 0 Å². The van der Waals surface area contributed by atoms with E-state index in [-0.39, 0.29) is 18.3 Å². The summed E-state index contributed by atoms with van der Waals surface area (Å²) in [7, 11) is 0. The first-order chi connectivity index (χ1) is 13.4. The van der Waals surface area contributed by atoms with E-state index in [1.165, 1.54) is 9.75 Å². The molecule has 28 heavy (non-hydrogen) atoms. The number of aliphatic hydroxyl groups excluding tert-OH is 3. The van der Waals surface area contributed by atoms with Crippen molar-refractivity contribution in [2.45, 2.75) is 70.2 Å². The second kappa shape index (κ2) is 11.5. The molecule has 1 saturated carbocycles. The van der Waals surface area contributed by atoms with E-state index in [4.69, 9.17) is 5.11 Å².